The first-order chi connectivity index (χ1) is 13.0. The Labute approximate surface area is 156 Å². The number of carbonyl (C=O) groups excluding carboxylic acids is 1. The quantitative estimate of drug-likeness (QED) is 0.845. The van der Waals surface area contributed by atoms with Crippen LogP contribution in [-0.4, -0.2) is 65.0 Å². The van der Waals surface area contributed by atoms with E-state index in [1.807, 2.05) is 6.07 Å². The highest BCUT2D eigenvalue weighted by Gasteiger charge is 2.48. The molecule has 1 aromatic rings. The summed E-state index contributed by atoms with van der Waals surface area (Å²) in [4.78, 5) is 24.2. The molecule has 0 radical (unpaired) electrons. The number of hydrogen-bond donors (Lipinski definition) is 1. The van der Waals surface area contributed by atoms with Gasteiger partial charge in [-0.2, -0.15) is 5.26 Å². The summed E-state index contributed by atoms with van der Waals surface area (Å²) < 4.78 is 27.1. The minimum absolute atomic E-state index is 0.00619. The molecule has 1 unspecified atom stereocenters. The number of nitrogens with zero attached hydrogens (tertiary/aromatic N) is 5. The number of hydrogen-bond acceptors (Lipinski definition) is 6. The molecule has 9 heteroatoms. The van der Waals surface area contributed by atoms with Gasteiger partial charge >= 0.3 is 0 Å². The molecule has 1 saturated carbocycles. The van der Waals surface area contributed by atoms with E-state index in [9.17, 15) is 13.6 Å². The van der Waals surface area contributed by atoms with E-state index in [-0.39, 0.29) is 12.6 Å². The maximum Gasteiger partial charge on any atom is 0.268 e. The molecule has 3 fully saturated rings. The summed E-state index contributed by atoms with van der Waals surface area (Å²) in [6.07, 6.45) is 5.00. The van der Waals surface area contributed by atoms with Crippen molar-refractivity contribution in [3.05, 3.63) is 18.5 Å². The third kappa shape index (κ3) is 3.58. The predicted octanol–water partition coefficient (Wildman–Crippen LogP) is 1.04. The smallest absolute Gasteiger partial charge is 0.268 e. The van der Waals surface area contributed by atoms with Gasteiger partial charge in [0.1, 0.15) is 6.04 Å². The molecule has 0 aromatic carbocycles. The molecule has 1 amide bonds. The average molecular weight is 376 g/mol. The number of anilines is 1. The molecule has 7 nitrogen and oxygen atoms in total. The zero-order valence-corrected chi connectivity index (χ0v) is 14.9. The number of piperidine rings is 1. The Balaban J connectivity index is 1.35. The van der Waals surface area contributed by atoms with Crippen molar-refractivity contribution in [2.45, 2.75) is 37.3 Å². The first-order valence-electron chi connectivity index (χ1n) is 9.29. The summed E-state index contributed by atoms with van der Waals surface area (Å²) in [5, 5.41) is 12.3. The van der Waals surface area contributed by atoms with Crippen LogP contribution in [0.25, 0.3) is 0 Å². The second-order valence-corrected chi connectivity index (χ2v) is 7.68. The number of fused-ring (bicyclic) bond motifs is 2. The summed E-state index contributed by atoms with van der Waals surface area (Å²) in [6.45, 7) is 0.958. The molecule has 1 N–H and O–H groups in total. The average Bonchev–Trinajstić information content (AvgIpc) is 3.11. The summed E-state index contributed by atoms with van der Waals surface area (Å²) in [5.41, 5.74) is 0. The monoisotopic (exact) mass is 376 g/mol. The van der Waals surface area contributed by atoms with Gasteiger partial charge in [0.05, 0.1) is 19.2 Å². The largest absolute Gasteiger partial charge is 0.340 e. The number of rotatable bonds is 4. The molecule has 2 bridgehead atoms. The molecule has 2 saturated heterocycles. The van der Waals surface area contributed by atoms with E-state index < -0.39 is 30.8 Å². The highest BCUT2D eigenvalue weighted by molar-refractivity contribution is 5.79. The number of likely N-dealkylation sites (tertiary alicyclic amines) is 1. The summed E-state index contributed by atoms with van der Waals surface area (Å²) in [5.74, 6) is -1.94. The van der Waals surface area contributed by atoms with Crippen LogP contribution in [0.5, 0.6) is 0 Å². The maximum atomic E-state index is 13.5. The lowest BCUT2D eigenvalue weighted by molar-refractivity contribution is -0.131. The third-order valence-corrected chi connectivity index (χ3v) is 5.90. The number of aromatic nitrogens is 2. The van der Waals surface area contributed by atoms with E-state index in [1.165, 1.54) is 0 Å². The number of nitrogens with one attached hydrogen (secondary N) is 1. The Morgan fingerprint density at radius 3 is 2.59 bits per heavy atom. The minimum atomic E-state index is -2.98. The van der Waals surface area contributed by atoms with E-state index in [1.54, 1.807) is 18.5 Å². The molecule has 3 aliphatic rings. The van der Waals surface area contributed by atoms with Gasteiger partial charge in [0, 0.05) is 37.9 Å². The van der Waals surface area contributed by atoms with Gasteiger partial charge in [0.2, 0.25) is 11.9 Å². The lowest BCUT2D eigenvalue weighted by atomic mass is 9.92. The Bertz CT molecular complexity index is 725. The van der Waals surface area contributed by atoms with Crippen molar-refractivity contribution in [3.63, 3.8) is 0 Å². The molecule has 4 rings (SSSR count). The number of carbonyl (C=O) groups is 1. The van der Waals surface area contributed by atoms with Gasteiger partial charge in [0.25, 0.3) is 5.92 Å². The highest BCUT2D eigenvalue weighted by Crippen LogP contribution is 2.38. The zero-order valence-electron chi connectivity index (χ0n) is 14.9. The van der Waals surface area contributed by atoms with Crippen LogP contribution in [0.4, 0.5) is 14.7 Å². The first-order valence-corrected chi connectivity index (χ1v) is 9.29. The number of nitriles is 1. The Morgan fingerprint density at radius 1 is 1.30 bits per heavy atom. The number of amides is 1. The minimum Gasteiger partial charge on any atom is -0.340 e. The number of halogens is 2. The topological polar surface area (TPSA) is 85.2 Å². The molecule has 0 spiro atoms. The highest BCUT2D eigenvalue weighted by atomic mass is 19.3. The fourth-order valence-electron chi connectivity index (χ4n) is 4.67. The van der Waals surface area contributed by atoms with Crippen molar-refractivity contribution in [2.75, 3.05) is 31.1 Å². The van der Waals surface area contributed by atoms with Crippen LogP contribution in [-0.2, 0) is 4.79 Å². The van der Waals surface area contributed by atoms with Crippen molar-refractivity contribution in [1.82, 2.24) is 20.2 Å². The van der Waals surface area contributed by atoms with Crippen LogP contribution in [0.2, 0.25) is 0 Å². The van der Waals surface area contributed by atoms with Crippen molar-refractivity contribution < 1.29 is 13.6 Å². The molecule has 3 atom stereocenters. The first kappa shape index (κ1) is 18.0. The van der Waals surface area contributed by atoms with E-state index in [4.69, 9.17) is 5.26 Å². The molecular formula is C18H22F2N6O. The van der Waals surface area contributed by atoms with Crippen molar-refractivity contribution in [1.29, 1.82) is 5.26 Å². The van der Waals surface area contributed by atoms with Crippen LogP contribution >= 0.6 is 0 Å². The lowest BCUT2D eigenvalue weighted by Crippen LogP contribution is -2.54. The van der Waals surface area contributed by atoms with E-state index in [2.05, 4.69) is 20.2 Å². The predicted molar refractivity (Wildman–Crippen MR) is 92.9 cm³/mol. The van der Waals surface area contributed by atoms with Crippen molar-refractivity contribution in [2.24, 2.45) is 11.8 Å². The molecule has 2 aliphatic heterocycles. The second-order valence-electron chi connectivity index (χ2n) is 7.68. The fraction of sp³-hybridized carbons (Fsp3) is 0.667. The lowest BCUT2D eigenvalue weighted by Gasteiger charge is -2.38. The van der Waals surface area contributed by atoms with Gasteiger partial charge in [0.15, 0.2) is 0 Å². The van der Waals surface area contributed by atoms with E-state index in [0.29, 0.717) is 11.8 Å². The van der Waals surface area contributed by atoms with Gasteiger partial charge < -0.3 is 15.1 Å². The van der Waals surface area contributed by atoms with Crippen LogP contribution in [0.1, 0.15) is 19.3 Å². The van der Waals surface area contributed by atoms with Gasteiger partial charge in [-0.1, -0.05) is 0 Å². The van der Waals surface area contributed by atoms with Crippen LogP contribution < -0.4 is 10.2 Å². The SMILES string of the molecule is N#CC1CC(F)(F)CN1C(=O)CNC1[C@H]2CC[C@H]1CN(c1ncccn1)C2. The summed E-state index contributed by atoms with van der Waals surface area (Å²) >= 11 is 0. The van der Waals surface area contributed by atoms with Crippen molar-refractivity contribution in [3.8, 4) is 6.07 Å². The van der Waals surface area contributed by atoms with E-state index in [0.717, 1.165) is 36.8 Å². The van der Waals surface area contributed by atoms with Gasteiger partial charge in [-0.3, -0.25) is 4.79 Å². The molecular weight excluding hydrogens is 354 g/mol. The molecule has 1 aliphatic carbocycles. The van der Waals surface area contributed by atoms with E-state index >= 15 is 0 Å². The Kier molecular flexibility index (Phi) is 4.68. The zero-order chi connectivity index (χ0) is 19.0. The van der Waals surface area contributed by atoms with Crippen LogP contribution in [0.3, 0.4) is 0 Å². The van der Waals surface area contributed by atoms with Gasteiger partial charge in [-0.05, 0) is 30.7 Å². The third-order valence-electron chi connectivity index (χ3n) is 5.90. The molecule has 1 aromatic heterocycles. The van der Waals surface area contributed by atoms with Gasteiger partial charge in [-0.25, -0.2) is 18.7 Å². The molecule has 27 heavy (non-hydrogen) atoms. The van der Waals surface area contributed by atoms with Crippen LogP contribution in [0.15, 0.2) is 18.5 Å². The molecule has 3 heterocycles. The fourth-order valence-corrected chi connectivity index (χ4v) is 4.67. The summed E-state index contributed by atoms with van der Waals surface area (Å²) in [6, 6.07) is 2.74. The second kappa shape index (κ2) is 7.00. The Hall–Kier alpha value is -2.34. The number of alkyl halides is 2. The standard InChI is InChI=1S/C18H22F2N6O/c19-18(20)6-14(7-21)26(11-18)15(27)8-24-16-12-2-3-13(16)10-25(9-12)17-22-4-1-5-23-17/h1,4-5,12-14,16,24H,2-3,6,8-11H2/t12-,13-,14?/m0/s1. The van der Waals surface area contributed by atoms with Gasteiger partial charge in [-0.15, -0.1) is 0 Å². The summed E-state index contributed by atoms with van der Waals surface area (Å²) in [7, 11) is 0. The normalized spacial score (nSPS) is 31.7. The maximum absolute atomic E-state index is 13.5. The van der Waals surface area contributed by atoms with Crippen LogP contribution in [0, 0.1) is 23.2 Å². The molecule has 144 valence electrons. The van der Waals surface area contributed by atoms with Crippen molar-refractivity contribution >= 4 is 11.9 Å². The Morgan fingerprint density at radius 2 is 1.96 bits per heavy atom.